The van der Waals surface area contributed by atoms with Crippen LogP contribution in [-0.2, 0) is 11.2 Å². The topological polar surface area (TPSA) is 58.6 Å². The Labute approximate surface area is 123 Å². The summed E-state index contributed by atoms with van der Waals surface area (Å²) in [5, 5.41) is 13.1. The molecule has 2 N–H and O–H groups in total. The van der Waals surface area contributed by atoms with Gasteiger partial charge < -0.3 is 15.2 Å². The van der Waals surface area contributed by atoms with E-state index in [9.17, 15) is 9.90 Å². The Morgan fingerprint density at radius 1 is 1.29 bits per heavy atom. The van der Waals surface area contributed by atoms with Crippen molar-refractivity contribution in [1.82, 2.24) is 0 Å². The van der Waals surface area contributed by atoms with Crippen LogP contribution in [0.25, 0.3) is 0 Å². The van der Waals surface area contributed by atoms with E-state index in [1.54, 1.807) is 12.1 Å². The molecule has 0 radical (unpaired) electrons. The van der Waals surface area contributed by atoms with Gasteiger partial charge in [0.25, 0.3) is 5.91 Å². The van der Waals surface area contributed by atoms with Gasteiger partial charge in [0.15, 0.2) is 6.61 Å². The molecule has 0 aromatic heterocycles. The maximum Gasteiger partial charge on any atom is 0.262 e. The summed E-state index contributed by atoms with van der Waals surface area (Å²) in [4.78, 5) is 11.3. The predicted molar refractivity (Wildman–Crippen MR) is 80.4 cm³/mol. The largest absolute Gasteiger partial charge is 0.482 e. The van der Waals surface area contributed by atoms with E-state index in [-0.39, 0.29) is 12.5 Å². The monoisotopic (exact) mass is 283 g/mol. The lowest BCUT2D eigenvalue weighted by Crippen LogP contribution is -2.25. The lowest BCUT2D eigenvalue weighted by Gasteiger charge is -2.20. The van der Waals surface area contributed by atoms with Crippen molar-refractivity contribution in [2.45, 2.75) is 19.4 Å². The number of amides is 1. The van der Waals surface area contributed by atoms with Crippen molar-refractivity contribution in [3.05, 3.63) is 59.2 Å². The molecule has 3 rings (SSSR count). The number of aliphatic hydroxyl groups excluding tert-OH is 1. The van der Waals surface area contributed by atoms with Gasteiger partial charge in [0.05, 0.1) is 11.8 Å². The molecular formula is C17H17NO3. The first-order valence-electron chi connectivity index (χ1n) is 6.92. The van der Waals surface area contributed by atoms with Gasteiger partial charge in [0.2, 0.25) is 0 Å². The highest BCUT2D eigenvalue weighted by Crippen LogP contribution is 2.31. The van der Waals surface area contributed by atoms with E-state index >= 15 is 0 Å². The van der Waals surface area contributed by atoms with Crippen LogP contribution >= 0.6 is 0 Å². The van der Waals surface area contributed by atoms with Crippen LogP contribution < -0.4 is 10.1 Å². The summed E-state index contributed by atoms with van der Waals surface area (Å²) in [6.07, 6.45) is -0.0779. The zero-order chi connectivity index (χ0) is 14.8. The van der Waals surface area contributed by atoms with E-state index in [1.807, 2.05) is 31.2 Å². The van der Waals surface area contributed by atoms with Crippen LogP contribution in [0.5, 0.6) is 5.75 Å². The number of anilines is 1. The minimum absolute atomic E-state index is 0.0399. The fourth-order valence-corrected chi connectivity index (χ4v) is 2.49. The first kappa shape index (κ1) is 13.6. The van der Waals surface area contributed by atoms with Crippen molar-refractivity contribution < 1.29 is 14.6 Å². The Kier molecular flexibility index (Phi) is 3.62. The first-order valence-corrected chi connectivity index (χ1v) is 6.92. The fourth-order valence-electron chi connectivity index (χ4n) is 2.49. The minimum atomic E-state index is -0.615. The van der Waals surface area contributed by atoms with Crippen molar-refractivity contribution in [3.63, 3.8) is 0 Å². The maximum atomic E-state index is 11.3. The van der Waals surface area contributed by atoms with Gasteiger partial charge in [-0.3, -0.25) is 4.79 Å². The Hall–Kier alpha value is -2.33. The summed E-state index contributed by atoms with van der Waals surface area (Å²) in [5.74, 6) is 0.467. The number of fused-ring (bicyclic) bond motifs is 1. The zero-order valence-electron chi connectivity index (χ0n) is 11.8. The van der Waals surface area contributed by atoms with Crippen molar-refractivity contribution in [3.8, 4) is 5.75 Å². The summed E-state index contributed by atoms with van der Waals surface area (Å²) < 4.78 is 5.31. The quantitative estimate of drug-likeness (QED) is 0.910. The zero-order valence-corrected chi connectivity index (χ0v) is 11.8. The number of carbonyl (C=O) groups excluding carboxylic acids is 1. The molecule has 1 aliphatic heterocycles. The molecule has 1 unspecified atom stereocenters. The van der Waals surface area contributed by atoms with Crippen LogP contribution in [0.15, 0.2) is 42.5 Å². The molecule has 1 heterocycles. The number of aliphatic hydroxyl groups is 1. The van der Waals surface area contributed by atoms with Crippen LogP contribution in [0.4, 0.5) is 5.69 Å². The minimum Gasteiger partial charge on any atom is -0.482 e. The second-order valence-corrected chi connectivity index (χ2v) is 5.30. The Morgan fingerprint density at radius 3 is 2.95 bits per heavy atom. The molecule has 0 bridgehead atoms. The average molecular weight is 283 g/mol. The van der Waals surface area contributed by atoms with Crippen molar-refractivity contribution in [1.29, 1.82) is 0 Å². The number of benzene rings is 2. The van der Waals surface area contributed by atoms with Crippen molar-refractivity contribution in [2.24, 2.45) is 0 Å². The van der Waals surface area contributed by atoms with Crippen LogP contribution in [0.2, 0.25) is 0 Å². The number of hydrogen-bond donors (Lipinski definition) is 2. The summed E-state index contributed by atoms with van der Waals surface area (Å²) in [7, 11) is 0. The third kappa shape index (κ3) is 3.06. The summed E-state index contributed by atoms with van der Waals surface area (Å²) in [6.45, 7) is 2.07. The third-order valence-electron chi connectivity index (χ3n) is 3.53. The lowest BCUT2D eigenvalue weighted by atomic mass is 9.99. The smallest absolute Gasteiger partial charge is 0.262 e. The number of aryl methyl sites for hydroxylation is 1. The first-order chi connectivity index (χ1) is 10.1. The van der Waals surface area contributed by atoms with Crippen LogP contribution in [-0.4, -0.2) is 17.6 Å². The Bertz CT molecular complexity index is 681. The molecule has 0 aliphatic carbocycles. The van der Waals surface area contributed by atoms with Gasteiger partial charge in [0.1, 0.15) is 5.75 Å². The summed E-state index contributed by atoms with van der Waals surface area (Å²) in [6, 6.07) is 13.5. The third-order valence-corrected chi connectivity index (χ3v) is 3.53. The molecule has 0 saturated heterocycles. The van der Waals surface area contributed by atoms with Crippen molar-refractivity contribution in [2.75, 3.05) is 11.9 Å². The lowest BCUT2D eigenvalue weighted by molar-refractivity contribution is -0.118. The van der Waals surface area contributed by atoms with E-state index in [4.69, 9.17) is 4.74 Å². The molecule has 1 amide bonds. The second kappa shape index (κ2) is 5.58. The van der Waals surface area contributed by atoms with Gasteiger partial charge in [-0.1, -0.05) is 35.9 Å². The van der Waals surface area contributed by atoms with E-state index in [0.29, 0.717) is 17.9 Å². The van der Waals surface area contributed by atoms with Crippen LogP contribution in [0.3, 0.4) is 0 Å². The highest BCUT2D eigenvalue weighted by atomic mass is 16.5. The molecule has 108 valence electrons. The molecule has 2 aromatic carbocycles. The number of rotatable bonds is 3. The van der Waals surface area contributed by atoms with E-state index < -0.39 is 6.10 Å². The standard InChI is InChI=1S/C17H17NO3/c1-11-3-2-4-12(7-11)8-15(19)13-5-6-16-14(9-13)18-17(20)10-21-16/h2-7,9,15,19H,8,10H2,1H3,(H,18,20). The normalized spacial score (nSPS) is 14.9. The molecule has 21 heavy (non-hydrogen) atoms. The predicted octanol–water partition coefficient (Wildman–Crippen LogP) is 2.60. The maximum absolute atomic E-state index is 11.3. The number of nitrogens with one attached hydrogen (secondary N) is 1. The number of hydrogen-bond acceptors (Lipinski definition) is 3. The van der Waals surface area contributed by atoms with Gasteiger partial charge in [-0.05, 0) is 30.2 Å². The molecular weight excluding hydrogens is 266 g/mol. The molecule has 2 aromatic rings. The van der Waals surface area contributed by atoms with E-state index in [2.05, 4.69) is 11.4 Å². The Morgan fingerprint density at radius 2 is 2.14 bits per heavy atom. The highest BCUT2D eigenvalue weighted by molar-refractivity contribution is 5.95. The fraction of sp³-hybridized carbons (Fsp3) is 0.235. The molecule has 0 saturated carbocycles. The molecule has 0 fully saturated rings. The van der Waals surface area contributed by atoms with Gasteiger partial charge in [0, 0.05) is 6.42 Å². The Balaban J connectivity index is 1.80. The summed E-state index contributed by atoms with van der Waals surface area (Å²) in [5.41, 5.74) is 3.64. The summed E-state index contributed by atoms with van der Waals surface area (Å²) >= 11 is 0. The van der Waals surface area contributed by atoms with Gasteiger partial charge in [-0.25, -0.2) is 0 Å². The number of carbonyl (C=O) groups is 1. The molecule has 1 aliphatic rings. The molecule has 0 spiro atoms. The van der Waals surface area contributed by atoms with Crippen molar-refractivity contribution >= 4 is 11.6 Å². The van der Waals surface area contributed by atoms with E-state index in [0.717, 1.165) is 11.1 Å². The average Bonchev–Trinajstić information content (AvgIpc) is 2.46. The van der Waals surface area contributed by atoms with Crippen LogP contribution in [0, 0.1) is 6.92 Å². The second-order valence-electron chi connectivity index (χ2n) is 5.30. The van der Waals surface area contributed by atoms with Crippen LogP contribution in [0.1, 0.15) is 22.8 Å². The van der Waals surface area contributed by atoms with E-state index in [1.165, 1.54) is 5.56 Å². The molecule has 1 atom stereocenters. The van der Waals surface area contributed by atoms with Gasteiger partial charge >= 0.3 is 0 Å². The number of ether oxygens (including phenoxy) is 1. The van der Waals surface area contributed by atoms with Gasteiger partial charge in [-0.2, -0.15) is 0 Å². The highest BCUT2D eigenvalue weighted by Gasteiger charge is 2.18. The SMILES string of the molecule is Cc1cccc(CC(O)c2ccc3c(c2)NC(=O)CO3)c1. The molecule has 4 nitrogen and oxygen atoms in total. The van der Waals surface area contributed by atoms with Gasteiger partial charge in [-0.15, -0.1) is 0 Å². The molecule has 4 heteroatoms.